The largest absolute Gasteiger partial charge is 0.207 e. The monoisotopic (exact) mass is 164 g/mol. The first-order valence-electron chi connectivity index (χ1n) is 4.57. The van der Waals surface area contributed by atoms with Crippen LogP contribution in [0.4, 0.5) is 4.39 Å². The van der Waals surface area contributed by atoms with E-state index in [4.69, 9.17) is 0 Å². The van der Waals surface area contributed by atoms with E-state index < -0.39 is 0 Å². The smallest absolute Gasteiger partial charge is 0.123 e. The molecule has 0 fully saturated rings. The van der Waals surface area contributed by atoms with Gasteiger partial charge in [-0.1, -0.05) is 19.4 Å². The van der Waals surface area contributed by atoms with Gasteiger partial charge in [0.1, 0.15) is 5.82 Å². The molecule has 0 N–H and O–H groups in total. The van der Waals surface area contributed by atoms with Crippen molar-refractivity contribution in [1.29, 1.82) is 0 Å². The molecular weight excluding hydrogens is 151 g/mol. The second-order valence-corrected chi connectivity index (χ2v) is 3.60. The molecule has 1 aromatic rings. The van der Waals surface area contributed by atoms with E-state index in [1.165, 1.54) is 17.5 Å². The zero-order valence-electron chi connectivity index (χ0n) is 7.31. The summed E-state index contributed by atoms with van der Waals surface area (Å²) < 4.78 is 12.8. The Bertz CT molecular complexity index is 291. The fraction of sp³-hybridized carbons (Fsp3) is 0.455. The number of benzene rings is 1. The summed E-state index contributed by atoms with van der Waals surface area (Å²) >= 11 is 0. The van der Waals surface area contributed by atoms with E-state index in [1.807, 2.05) is 6.07 Å². The second-order valence-electron chi connectivity index (χ2n) is 3.60. The Morgan fingerprint density at radius 2 is 2.08 bits per heavy atom. The van der Waals surface area contributed by atoms with Crippen LogP contribution in [0.2, 0.25) is 0 Å². The molecule has 12 heavy (non-hydrogen) atoms. The molecule has 1 aliphatic rings. The quantitative estimate of drug-likeness (QED) is 0.598. The predicted octanol–water partition coefficient (Wildman–Crippen LogP) is 2.95. The molecule has 0 saturated carbocycles. The summed E-state index contributed by atoms with van der Waals surface area (Å²) in [6, 6.07) is 5.18. The number of halogens is 1. The Morgan fingerprint density at radius 1 is 1.33 bits per heavy atom. The maximum Gasteiger partial charge on any atom is 0.123 e. The van der Waals surface area contributed by atoms with E-state index in [2.05, 4.69) is 6.92 Å². The Balaban J connectivity index is 2.30. The van der Waals surface area contributed by atoms with Gasteiger partial charge in [0, 0.05) is 0 Å². The Kier molecular flexibility index (Phi) is 1.87. The summed E-state index contributed by atoms with van der Waals surface area (Å²) in [5.74, 6) is 0.660. The fourth-order valence-electron chi connectivity index (χ4n) is 1.97. The minimum Gasteiger partial charge on any atom is -0.207 e. The fourth-order valence-corrected chi connectivity index (χ4v) is 1.97. The van der Waals surface area contributed by atoms with Crippen LogP contribution in [0.15, 0.2) is 18.2 Å². The first kappa shape index (κ1) is 7.78. The Hall–Kier alpha value is -0.850. The minimum absolute atomic E-state index is 0.0921. The highest BCUT2D eigenvalue weighted by Gasteiger charge is 2.19. The van der Waals surface area contributed by atoms with E-state index >= 15 is 0 Å². The average Bonchev–Trinajstić information content (AvgIpc) is 2.46. The maximum absolute atomic E-state index is 12.8. The van der Waals surface area contributed by atoms with E-state index in [9.17, 15) is 4.39 Å². The molecule has 0 aromatic heterocycles. The van der Waals surface area contributed by atoms with E-state index in [1.54, 1.807) is 12.1 Å². The van der Waals surface area contributed by atoms with Gasteiger partial charge in [0.15, 0.2) is 0 Å². The molecule has 0 radical (unpaired) electrons. The van der Waals surface area contributed by atoms with Crippen molar-refractivity contribution in [3.8, 4) is 0 Å². The summed E-state index contributed by atoms with van der Waals surface area (Å²) in [6.45, 7) is 2.20. The number of rotatable bonds is 1. The van der Waals surface area contributed by atoms with Crippen LogP contribution in [0.5, 0.6) is 0 Å². The predicted molar refractivity (Wildman–Crippen MR) is 47.6 cm³/mol. The van der Waals surface area contributed by atoms with Crippen LogP contribution < -0.4 is 0 Å². The van der Waals surface area contributed by atoms with Gasteiger partial charge in [0.2, 0.25) is 0 Å². The standard InChI is InChI=1S/C11H13F/c1-2-8-5-9-3-4-11(12)7-10(9)6-8/h3-4,7-8H,2,5-6H2,1H3. The summed E-state index contributed by atoms with van der Waals surface area (Å²) in [7, 11) is 0. The number of fused-ring (bicyclic) bond motifs is 1. The highest BCUT2D eigenvalue weighted by atomic mass is 19.1. The molecule has 1 unspecified atom stereocenters. The van der Waals surface area contributed by atoms with Gasteiger partial charge < -0.3 is 0 Å². The number of hydrogen-bond acceptors (Lipinski definition) is 0. The lowest BCUT2D eigenvalue weighted by molar-refractivity contribution is 0.542. The maximum atomic E-state index is 12.8. The van der Waals surface area contributed by atoms with Gasteiger partial charge in [-0.05, 0) is 42.0 Å². The third-order valence-corrected chi connectivity index (χ3v) is 2.76. The van der Waals surface area contributed by atoms with Gasteiger partial charge >= 0.3 is 0 Å². The second kappa shape index (κ2) is 2.89. The van der Waals surface area contributed by atoms with Crippen LogP contribution in [0.1, 0.15) is 24.5 Å². The van der Waals surface area contributed by atoms with Crippen molar-refractivity contribution in [2.45, 2.75) is 26.2 Å². The molecule has 0 saturated heterocycles. The van der Waals surface area contributed by atoms with Crippen LogP contribution in [-0.2, 0) is 12.8 Å². The van der Waals surface area contributed by atoms with Gasteiger partial charge in [-0.3, -0.25) is 0 Å². The Labute approximate surface area is 72.4 Å². The zero-order chi connectivity index (χ0) is 8.55. The first-order valence-corrected chi connectivity index (χ1v) is 4.57. The van der Waals surface area contributed by atoms with Gasteiger partial charge in [0.25, 0.3) is 0 Å². The van der Waals surface area contributed by atoms with Crippen molar-refractivity contribution in [2.75, 3.05) is 0 Å². The van der Waals surface area contributed by atoms with Crippen molar-refractivity contribution >= 4 is 0 Å². The van der Waals surface area contributed by atoms with Gasteiger partial charge in [-0.2, -0.15) is 0 Å². The lowest BCUT2D eigenvalue weighted by Crippen LogP contribution is -1.95. The zero-order valence-corrected chi connectivity index (χ0v) is 7.31. The first-order chi connectivity index (χ1) is 5.79. The van der Waals surface area contributed by atoms with Gasteiger partial charge in [-0.15, -0.1) is 0 Å². The van der Waals surface area contributed by atoms with Crippen LogP contribution in [0.3, 0.4) is 0 Å². The lowest BCUT2D eigenvalue weighted by atomic mass is 10.0. The average molecular weight is 164 g/mol. The lowest BCUT2D eigenvalue weighted by Gasteiger charge is -2.01. The molecule has 0 bridgehead atoms. The van der Waals surface area contributed by atoms with Crippen molar-refractivity contribution in [3.63, 3.8) is 0 Å². The normalized spacial score (nSPS) is 21.0. The molecule has 0 spiro atoms. The van der Waals surface area contributed by atoms with Crippen molar-refractivity contribution < 1.29 is 4.39 Å². The third-order valence-electron chi connectivity index (χ3n) is 2.76. The molecular formula is C11H13F. The summed E-state index contributed by atoms with van der Waals surface area (Å²) in [5.41, 5.74) is 2.57. The molecule has 1 aromatic carbocycles. The van der Waals surface area contributed by atoms with Crippen LogP contribution in [0, 0.1) is 11.7 Å². The van der Waals surface area contributed by atoms with Gasteiger partial charge in [0.05, 0.1) is 0 Å². The van der Waals surface area contributed by atoms with Crippen LogP contribution in [0.25, 0.3) is 0 Å². The minimum atomic E-state index is -0.0921. The summed E-state index contributed by atoms with van der Waals surface area (Å²) in [6.07, 6.45) is 3.42. The van der Waals surface area contributed by atoms with Crippen LogP contribution in [-0.4, -0.2) is 0 Å². The highest BCUT2D eigenvalue weighted by molar-refractivity contribution is 5.32. The Morgan fingerprint density at radius 3 is 2.83 bits per heavy atom. The molecule has 0 heterocycles. The molecule has 0 aliphatic heterocycles. The van der Waals surface area contributed by atoms with Crippen molar-refractivity contribution in [2.24, 2.45) is 5.92 Å². The SMILES string of the molecule is CCC1Cc2ccc(F)cc2C1. The topological polar surface area (TPSA) is 0 Å². The van der Waals surface area contributed by atoms with E-state index in [0.717, 1.165) is 18.8 Å². The molecule has 1 heteroatoms. The molecule has 64 valence electrons. The van der Waals surface area contributed by atoms with Crippen molar-refractivity contribution in [1.82, 2.24) is 0 Å². The van der Waals surface area contributed by atoms with Crippen molar-refractivity contribution in [3.05, 3.63) is 35.1 Å². The van der Waals surface area contributed by atoms with E-state index in [-0.39, 0.29) is 5.82 Å². The third kappa shape index (κ3) is 1.24. The molecule has 1 aliphatic carbocycles. The molecule has 0 nitrogen and oxygen atoms in total. The molecule has 1 atom stereocenters. The van der Waals surface area contributed by atoms with E-state index in [0.29, 0.717) is 0 Å². The molecule has 2 rings (SSSR count). The van der Waals surface area contributed by atoms with Gasteiger partial charge in [-0.25, -0.2) is 4.39 Å². The summed E-state index contributed by atoms with van der Waals surface area (Å²) in [5, 5.41) is 0. The summed E-state index contributed by atoms with van der Waals surface area (Å²) in [4.78, 5) is 0. The number of hydrogen-bond donors (Lipinski definition) is 0. The molecule has 0 amide bonds. The van der Waals surface area contributed by atoms with Crippen LogP contribution >= 0.6 is 0 Å². The highest BCUT2D eigenvalue weighted by Crippen LogP contribution is 2.28.